The van der Waals surface area contributed by atoms with Crippen LogP contribution in [0.4, 0.5) is 4.53 Å². The molecule has 4 rings (SSSR count). The minimum Gasteiger partial charge on any atom is -0.508 e. The number of aromatic nitrogens is 1. The second-order valence-corrected chi connectivity index (χ2v) is 7.71. The van der Waals surface area contributed by atoms with Crippen LogP contribution in [0.1, 0.15) is 37.0 Å². The number of carbonyl (C=O) groups excluding carboxylic acids is 1. The van der Waals surface area contributed by atoms with Crippen molar-refractivity contribution in [2.75, 3.05) is 0 Å². The van der Waals surface area contributed by atoms with Gasteiger partial charge < -0.3 is 5.11 Å². The summed E-state index contributed by atoms with van der Waals surface area (Å²) in [6.07, 6.45) is 0.407. The van der Waals surface area contributed by atoms with Gasteiger partial charge in [0, 0.05) is 15.5 Å². The molecule has 4 nitrogen and oxygen atoms in total. The highest BCUT2D eigenvalue weighted by Crippen LogP contribution is 2.33. The van der Waals surface area contributed by atoms with E-state index in [1.165, 1.54) is 0 Å². The van der Waals surface area contributed by atoms with E-state index in [9.17, 15) is 14.4 Å². The highest BCUT2D eigenvalue weighted by atomic mass is 19.3. The highest BCUT2D eigenvalue weighted by molar-refractivity contribution is 5.83. The zero-order valence-electron chi connectivity index (χ0n) is 19.4. The Hall–Kier alpha value is -3.73. The molecule has 0 aliphatic carbocycles. The van der Waals surface area contributed by atoms with E-state index in [1.807, 2.05) is 70.2 Å². The number of rotatable bonds is 5. The number of phenols is 1. The summed E-state index contributed by atoms with van der Waals surface area (Å²) >= 11 is 0. The Balaban J connectivity index is 0.00000149. The van der Waals surface area contributed by atoms with Crippen LogP contribution >= 0.6 is 0 Å². The molecule has 0 amide bonds. The van der Waals surface area contributed by atoms with Gasteiger partial charge >= 0.3 is 5.97 Å². The van der Waals surface area contributed by atoms with Crippen molar-refractivity contribution in [1.82, 2.24) is 4.98 Å². The van der Waals surface area contributed by atoms with Crippen molar-refractivity contribution in [3.05, 3.63) is 83.4 Å². The van der Waals surface area contributed by atoms with Crippen LogP contribution in [-0.4, -0.2) is 16.1 Å². The quantitative estimate of drug-likeness (QED) is 0.351. The Morgan fingerprint density at radius 2 is 1.64 bits per heavy atom. The van der Waals surface area contributed by atoms with Crippen LogP contribution < -0.4 is 0 Å². The first-order valence-electron chi connectivity index (χ1n) is 11.1. The fourth-order valence-corrected chi connectivity index (χ4v) is 4.01. The zero-order chi connectivity index (χ0) is 24.0. The van der Waals surface area contributed by atoms with Crippen LogP contribution in [0.3, 0.4) is 0 Å². The van der Waals surface area contributed by atoms with Gasteiger partial charge in [0.25, 0.3) is 0 Å². The summed E-state index contributed by atoms with van der Waals surface area (Å²) in [4.78, 5) is 19.0. The Bertz CT molecular complexity index is 1260. The zero-order valence-corrected chi connectivity index (χ0v) is 19.4. The number of fused-ring (bicyclic) bond motifs is 1. The average Bonchev–Trinajstić information content (AvgIpc) is 2.83. The Morgan fingerprint density at radius 1 is 0.939 bits per heavy atom. The van der Waals surface area contributed by atoms with E-state index in [2.05, 4.69) is 17.1 Å². The largest absolute Gasteiger partial charge is 0.508 e. The fraction of sp³-hybridized carbons (Fsp3) is 0.214. The van der Waals surface area contributed by atoms with E-state index < -0.39 is 5.97 Å². The lowest BCUT2D eigenvalue weighted by atomic mass is 9.93. The predicted octanol–water partition coefficient (Wildman–Crippen LogP) is 7.28. The molecule has 0 aliphatic rings. The number of hydrogen-bond donors (Lipinski definition) is 1. The number of aromatic hydroxyl groups is 1. The first kappa shape index (κ1) is 23.9. The summed E-state index contributed by atoms with van der Waals surface area (Å²) in [5.74, 6) is -0.598. The second kappa shape index (κ2) is 10.7. The van der Waals surface area contributed by atoms with Gasteiger partial charge in [-0.1, -0.05) is 44.2 Å². The molecule has 5 heteroatoms. The van der Waals surface area contributed by atoms with Crippen LogP contribution in [0, 0.1) is 13.8 Å². The summed E-state index contributed by atoms with van der Waals surface area (Å²) < 4.78 is 11.9. The lowest BCUT2D eigenvalue weighted by Gasteiger charge is -2.12. The number of aryl methyl sites for hydroxylation is 3. The number of nitrogens with zero attached hydrogens (tertiary/aromatic N) is 1. The molecule has 0 spiro atoms. The molecule has 0 saturated heterocycles. The van der Waals surface area contributed by atoms with E-state index in [0.717, 1.165) is 50.0 Å². The van der Waals surface area contributed by atoms with Gasteiger partial charge in [0.1, 0.15) is 5.75 Å². The number of pyridine rings is 1. The van der Waals surface area contributed by atoms with Gasteiger partial charge in [0.05, 0.1) is 17.6 Å². The highest BCUT2D eigenvalue weighted by Gasteiger charge is 2.10. The summed E-state index contributed by atoms with van der Waals surface area (Å²) in [5.41, 5.74) is 7.85. The lowest BCUT2D eigenvalue weighted by molar-refractivity contribution is -0.183. The standard InChI is InChI=1S/C26H22FNO3.C2H6/c1-16-12-22(29)13-17(2)26(16)21-5-3-4-19(15-21)24-10-8-20-14-18(6-9-23(20)28-24)7-11-25(30)31-27;1-2/h3-6,8-10,12-15,29H,7,11H2,1-2H3;1-2H3. The van der Waals surface area contributed by atoms with Gasteiger partial charge in [-0.05, 0) is 84.5 Å². The first-order chi connectivity index (χ1) is 15.9. The lowest BCUT2D eigenvalue weighted by Crippen LogP contribution is -1.99. The molecular formula is C28H28FNO3. The molecule has 4 aromatic rings. The van der Waals surface area contributed by atoms with Crippen LogP contribution in [0.15, 0.2) is 66.7 Å². The van der Waals surface area contributed by atoms with Crippen LogP contribution in [0.25, 0.3) is 33.3 Å². The summed E-state index contributed by atoms with van der Waals surface area (Å²) in [6, 6.07) is 21.5. The molecule has 33 heavy (non-hydrogen) atoms. The van der Waals surface area contributed by atoms with Crippen LogP contribution in [0.5, 0.6) is 5.75 Å². The van der Waals surface area contributed by atoms with E-state index in [4.69, 9.17) is 4.98 Å². The fourth-order valence-electron chi connectivity index (χ4n) is 4.01. The maximum Gasteiger partial charge on any atom is 0.349 e. The smallest absolute Gasteiger partial charge is 0.349 e. The minimum atomic E-state index is -0.868. The van der Waals surface area contributed by atoms with Gasteiger partial charge in [0.2, 0.25) is 0 Å². The molecule has 3 aromatic carbocycles. The van der Waals surface area contributed by atoms with Crippen LogP contribution in [-0.2, 0) is 16.2 Å². The number of benzene rings is 3. The van der Waals surface area contributed by atoms with Gasteiger partial charge in [-0.25, -0.2) is 9.78 Å². The van der Waals surface area contributed by atoms with Crippen molar-refractivity contribution in [2.24, 2.45) is 0 Å². The third-order valence-corrected chi connectivity index (χ3v) is 5.42. The van der Waals surface area contributed by atoms with Gasteiger partial charge in [-0.3, -0.25) is 4.94 Å². The van der Waals surface area contributed by atoms with Crippen LogP contribution in [0.2, 0.25) is 0 Å². The molecule has 0 unspecified atom stereocenters. The second-order valence-electron chi connectivity index (χ2n) is 7.71. The Morgan fingerprint density at radius 3 is 2.33 bits per heavy atom. The third-order valence-electron chi connectivity index (χ3n) is 5.42. The normalized spacial score (nSPS) is 10.5. The SMILES string of the molecule is CC.Cc1cc(O)cc(C)c1-c1cccc(-c2ccc3cc(CCC(=O)OF)ccc3n2)c1. The first-order valence-corrected chi connectivity index (χ1v) is 11.1. The Kier molecular flexibility index (Phi) is 7.78. The summed E-state index contributed by atoms with van der Waals surface area (Å²) in [7, 11) is 0. The molecule has 1 aromatic heterocycles. The molecular weight excluding hydrogens is 417 g/mol. The number of phenolic OH excluding ortho intramolecular Hbond substituents is 1. The van der Waals surface area contributed by atoms with Crippen molar-refractivity contribution < 1.29 is 19.4 Å². The summed E-state index contributed by atoms with van der Waals surface area (Å²) in [5, 5.41) is 10.8. The molecule has 0 saturated carbocycles. The summed E-state index contributed by atoms with van der Waals surface area (Å²) in [6.45, 7) is 7.99. The van der Waals surface area contributed by atoms with Crippen molar-refractivity contribution in [3.8, 4) is 28.1 Å². The monoisotopic (exact) mass is 445 g/mol. The van der Waals surface area contributed by atoms with Crippen molar-refractivity contribution in [1.29, 1.82) is 0 Å². The van der Waals surface area contributed by atoms with Gasteiger partial charge in [-0.2, -0.15) is 0 Å². The number of hydrogen-bond acceptors (Lipinski definition) is 4. The maximum absolute atomic E-state index is 11.9. The van der Waals surface area contributed by atoms with Crippen molar-refractivity contribution in [3.63, 3.8) is 0 Å². The predicted molar refractivity (Wildman–Crippen MR) is 131 cm³/mol. The van der Waals surface area contributed by atoms with E-state index in [0.29, 0.717) is 6.42 Å². The van der Waals surface area contributed by atoms with E-state index >= 15 is 0 Å². The van der Waals surface area contributed by atoms with E-state index in [-0.39, 0.29) is 12.2 Å². The van der Waals surface area contributed by atoms with Gasteiger partial charge in [0.15, 0.2) is 0 Å². The molecule has 0 atom stereocenters. The number of carbonyl (C=O) groups is 1. The Labute approximate surface area is 193 Å². The van der Waals surface area contributed by atoms with E-state index in [1.54, 1.807) is 12.1 Å². The topological polar surface area (TPSA) is 59.4 Å². The number of halogens is 1. The third kappa shape index (κ3) is 5.55. The van der Waals surface area contributed by atoms with Gasteiger partial charge in [-0.15, -0.1) is 0 Å². The minimum absolute atomic E-state index is 0.00357. The molecule has 0 radical (unpaired) electrons. The molecule has 1 N–H and O–H groups in total. The molecule has 0 fully saturated rings. The molecule has 0 bridgehead atoms. The average molecular weight is 446 g/mol. The molecule has 0 aliphatic heterocycles. The van der Waals surface area contributed by atoms with Crippen molar-refractivity contribution >= 4 is 16.9 Å². The maximum atomic E-state index is 11.9. The van der Waals surface area contributed by atoms with Crippen molar-refractivity contribution in [2.45, 2.75) is 40.5 Å². The molecule has 170 valence electrons. The molecule has 1 heterocycles.